The summed E-state index contributed by atoms with van der Waals surface area (Å²) in [5.41, 5.74) is 0. The number of hydrogen-bond donors (Lipinski definition) is 0. The van der Waals surface area contributed by atoms with Crippen molar-refractivity contribution >= 4 is 23.1 Å². The van der Waals surface area contributed by atoms with Gasteiger partial charge in [-0.05, 0) is 0 Å². The maximum atomic E-state index is 8.62. The molecule has 11 heteroatoms. The summed E-state index contributed by atoms with van der Waals surface area (Å²) in [6.45, 7) is 0. The molecule has 0 saturated heterocycles. The molecule has 0 aliphatic heterocycles. The van der Waals surface area contributed by atoms with E-state index < -0.39 is 40.2 Å². The fourth-order valence-corrected chi connectivity index (χ4v) is 0. The van der Waals surface area contributed by atoms with Gasteiger partial charge in [-0.25, -0.2) is 0 Å². The van der Waals surface area contributed by atoms with Gasteiger partial charge in [0.2, 0.25) is 0 Å². The van der Waals surface area contributed by atoms with Gasteiger partial charge in [-0.15, -0.1) is 0 Å². The molecular weight excluding hydrogens is 406 g/mol. The Balaban J connectivity index is -0.000000107. The molecule has 0 aromatic heterocycles. The maximum Gasteiger partial charge on any atom is 2.00 e. The third-order valence-corrected chi connectivity index (χ3v) is 0. The van der Waals surface area contributed by atoms with Gasteiger partial charge in [0.1, 0.15) is 40.2 Å². The molecule has 0 heterocycles. The summed E-state index contributed by atoms with van der Waals surface area (Å²) in [5, 5.41) is 0. The molecule has 0 saturated carbocycles. The fourth-order valence-electron chi connectivity index (χ4n) is 0. The molecule has 0 atom stereocenters. The van der Waals surface area contributed by atoms with E-state index in [-0.39, 0.29) is 23.1 Å². The standard InChI is InChI=1S/2IO4.Mg/c2*2-1(3,4)5;/q2*-1;+2. The van der Waals surface area contributed by atoms with Gasteiger partial charge in [-0.3, -0.25) is 27.5 Å². The molecule has 64 valence electrons. The van der Waals surface area contributed by atoms with Crippen molar-refractivity contribution < 1.29 is 67.7 Å². The van der Waals surface area contributed by atoms with Gasteiger partial charge >= 0.3 is 23.1 Å². The van der Waals surface area contributed by atoms with Gasteiger partial charge in [-0.1, -0.05) is 0 Å². The van der Waals surface area contributed by atoms with Gasteiger partial charge < -0.3 is 0 Å². The van der Waals surface area contributed by atoms with Crippen LogP contribution in [0.1, 0.15) is 0 Å². The first-order valence-electron chi connectivity index (χ1n) is 1.23. The van der Waals surface area contributed by atoms with Gasteiger partial charge in [0, 0.05) is 0 Å². The first-order valence-corrected chi connectivity index (χ1v) is 8.28. The molecule has 0 rings (SSSR count). The maximum absolute atomic E-state index is 8.62. The van der Waals surface area contributed by atoms with Crippen molar-refractivity contribution in [1.29, 1.82) is 0 Å². The van der Waals surface area contributed by atoms with Crippen molar-refractivity contribution in [2.45, 2.75) is 0 Å². The van der Waals surface area contributed by atoms with Gasteiger partial charge in [0.15, 0.2) is 0 Å². The van der Waals surface area contributed by atoms with Crippen LogP contribution in [0.3, 0.4) is 0 Å². The average molecular weight is 406 g/mol. The van der Waals surface area contributed by atoms with Crippen LogP contribution in [0.15, 0.2) is 0 Å². The number of hydrogen-bond acceptors (Lipinski definition) is 8. The average Bonchev–Trinajstić information content (AvgIpc) is 1.12. The van der Waals surface area contributed by atoms with Gasteiger partial charge in [0.05, 0.1) is 0 Å². The second kappa shape index (κ2) is 7.32. The molecule has 11 heavy (non-hydrogen) atoms. The van der Waals surface area contributed by atoms with Crippen LogP contribution in [-0.2, 0) is 0 Å². The molecule has 0 unspecified atom stereocenters. The first kappa shape index (κ1) is 18.6. The Hall–Kier alpha value is 1.91. The minimum atomic E-state index is -5.94. The van der Waals surface area contributed by atoms with Crippen LogP contribution in [0.2, 0.25) is 0 Å². The molecule has 0 aliphatic carbocycles. The van der Waals surface area contributed by atoms with E-state index in [2.05, 4.69) is 0 Å². The summed E-state index contributed by atoms with van der Waals surface area (Å²) >= 11 is -11.9. The van der Waals surface area contributed by atoms with Crippen molar-refractivity contribution in [1.82, 2.24) is 0 Å². The number of rotatable bonds is 0. The van der Waals surface area contributed by atoms with Crippen LogP contribution < -0.4 is 67.7 Å². The summed E-state index contributed by atoms with van der Waals surface area (Å²) in [4.78, 5) is 0. The van der Waals surface area contributed by atoms with Crippen molar-refractivity contribution in [3.8, 4) is 0 Å². The Kier molecular flexibility index (Phi) is 12.4. The summed E-state index contributed by atoms with van der Waals surface area (Å²) in [6.07, 6.45) is 0. The Labute approximate surface area is 89.7 Å². The monoisotopic (exact) mass is 406 g/mol. The van der Waals surface area contributed by atoms with Crippen LogP contribution in [-0.4, -0.2) is 23.1 Å². The molecule has 0 aromatic rings. The Morgan fingerprint density at radius 3 is 0.455 bits per heavy atom. The Morgan fingerprint density at radius 1 is 0.455 bits per heavy atom. The molecule has 0 bridgehead atoms. The van der Waals surface area contributed by atoms with Crippen molar-refractivity contribution in [2.75, 3.05) is 0 Å². The zero-order valence-corrected chi connectivity index (χ0v) is 10.5. The van der Waals surface area contributed by atoms with E-state index in [4.69, 9.17) is 27.5 Å². The predicted octanol–water partition coefficient (Wildman–Crippen LogP) is -15.9. The third-order valence-electron chi connectivity index (χ3n) is 0. The summed E-state index contributed by atoms with van der Waals surface area (Å²) in [6, 6.07) is 0. The molecule has 0 radical (unpaired) electrons. The van der Waals surface area contributed by atoms with E-state index in [1.807, 2.05) is 0 Å². The zero-order chi connectivity index (χ0) is 9.00. The molecule has 0 N–H and O–H groups in total. The second-order valence-corrected chi connectivity index (χ2v) is 5.07. The largest absolute Gasteiger partial charge is 2.00 e. The van der Waals surface area contributed by atoms with Crippen LogP contribution in [0.25, 0.3) is 0 Å². The normalized spacial score (nSPS) is 10.9. The number of halogens is 2. The van der Waals surface area contributed by atoms with E-state index in [9.17, 15) is 0 Å². The van der Waals surface area contributed by atoms with E-state index in [0.717, 1.165) is 0 Å². The van der Waals surface area contributed by atoms with E-state index in [0.29, 0.717) is 0 Å². The SMILES string of the molecule is [Mg+2].[O-][I+3]([O-])([O-])[O-].[O-][I+3]([O-])([O-])[O-]. The smallest absolute Gasteiger partial charge is 0.286 e. The Morgan fingerprint density at radius 2 is 0.455 bits per heavy atom. The second-order valence-electron chi connectivity index (χ2n) is 0.756. The van der Waals surface area contributed by atoms with Crippen molar-refractivity contribution in [3.63, 3.8) is 0 Å². The molecule has 0 fully saturated rings. The van der Waals surface area contributed by atoms with Gasteiger partial charge in [0.25, 0.3) is 0 Å². The van der Waals surface area contributed by atoms with Crippen LogP contribution >= 0.6 is 0 Å². The first-order chi connectivity index (χ1) is 4.00. The van der Waals surface area contributed by atoms with E-state index in [1.54, 1.807) is 0 Å². The minimum Gasteiger partial charge on any atom is -0.286 e. The van der Waals surface area contributed by atoms with Crippen LogP contribution in [0.5, 0.6) is 0 Å². The van der Waals surface area contributed by atoms with E-state index >= 15 is 0 Å². The van der Waals surface area contributed by atoms with Crippen LogP contribution in [0, 0.1) is 0 Å². The molecule has 0 amide bonds. The Bertz CT molecular complexity index is 55.1. The minimum absolute atomic E-state index is 0. The molecule has 0 spiro atoms. The molecule has 8 nitrogen and oxygen atoms in total. The topological polar surface area (TPSA) is 184 Å². The summed E-state index contributed by atoms with van der Waals surface area (Å²) in [7, 11) is 0. The summed E-state index contributed by atoms with van der Waals surface area (Å²) in [5.74, 6) is 0. The quantitative estimate of drug-likeness (QED) is 0.280. The van der Waals surface area contributed by atoms with E-state index in [1.165, 1.54) is 0 Å². The molecular formula is I2MgO8. The van der Waals surface area contributed by atoms with Crippen LogP contribution in [0.4, 0.5) is 0 Å². The van der Waals surface area contributed by atoms with Crippen molar-refractivity contribution in [2.24, 2.45) is 0 Å². The van der Waals surface area contributed by atoms with Crippen molar-refractivity contribution in [3.05, 3.63) is 0 Å². The third kappa shape index (κ3) is 322. The summed E-state index contributed by atoms with van der Waals surface area (Å²) < 4.78 is 68.9. The predicted molar refractivity (Wildman–Crippen MR) is 5.75 cm³/mol. The molecule has 0 aromatic carbocycles. The van der Waals surface area contributed by atoms with Gasteiger partial charge in [-0.2, -0.15) is 0 Å². The fraction of sp³-hybridized carbons (Fsp3) is 0. The molecule has 0 aliphatic rings. The zero-order valence-electron chi connectivity index (χ0n) is 4.73.